The van der Waals surface area contributed by atoms with Gasteiger partial charge in [-0.2, -0.15) is 0 Å². The summed E-state index contributed by atoms with van der Waals surface area (Å²) in [6.45, 7) is 13.4. The maximum absolute atomic E-state index is 12.7. The molecule has 0 aliphatic carbocycles. The molecule has 1 unspecified atom stereocenters. The third-order valence-corrected chi connectivity index (χ3v) is 5.74. The first-order valence-corrected chi connectivity index (χ1v) is 11.1. The van der Waals surface area contributed by atoms with Crippen LogP contribution in [0.3, 0.4) is 0 Å². The largest absolute Gasteiger partial charge is 0.376 e. The van der Waals surface area contributed by atoms with E-state index in [1.54, 1.807) is 0 Å². The summed E-state index contributed by atoms with van der Waals surface area (Å²) in [5.41, 5.74) is 5.36. The van der Waals surface area contributed by atoms with Crippen LogP contribution >= 0.6 is 0 Å². The van der Waals surface area contributed by atoms with Gasteiger partial charge in [0.1, 0.15) is 5.48 Å². The molecule has 2 heterocycles. The highest BCUT2D eigenvalue weighted by molar-refractivity contribution is 5.76. The van der Waals surface area contributed by atoms with E-state index in [-0.39, 0.29) is 11.7 Å². The van der Waals surface area contributed by atoms with Gasteiger partial charge in [0.05, 0.1) is 24.0 Å². The minimum atomic E-state index is -0.280. The van der Waals surface area contributed by atoms with Gasteiger partial charge in [0.15, 0.2) is 11.2 Å². The topological polar surface area (TPSA) is 70.6 Å². The Morgan fingerprint density at radius 2 is 1.91 bits per heavy atom. The molecule has 1 atom stereocenters. The number of H-pyrrole nitrogens is 1. The molecular weight excluding hydrogens is 400 g/mol. The van der Waals surface area contributed by atoms with Crippen LogP contribution < -0.4 is 21.3 Å². The molecule has 0 fully saturated rings. The molecule has 0 amide bonds. The molecular formula is C26H30N4O2. The van der Waals surface area contributed by atoms with Gasteiger partial charge in [-0.15, -0.1) is 0 Å². The molecule has 6 nitrogen and oxygen atoms in total. The molecule has 2 aromatic carbocycles. The van der Waals surface area contributed by atoms with E-state index in [0.717, 1.165) is 17.8 Å². The summed E-state index contributed by atoms with van der Waals surface area (Å²) in [5.74, 6) is 0.888. The van der Waals surface area contributed by atoms with Gasteiger partial charge in [-0.1, -0.05) is 56.3 Å². The minimum absolute atomic E-state index is 0.0827. The number of aromatic nitrogens is 2. The van der Waals surface area contributed by atoms with Gasteiger partial charge in [0.25, 0.3) is 5.56 Å². The Kier molecular flexibility index (Phi) is 6.24. The minimum Gasteiger partial charge on any atom is -0.376 e. The smallest absolute Gasteiger partial charge is 0.279 e. The Morgan fingerprint density at radius 3 is 2.59 bits per heavy atom. The molecule has 1 aliphatic heterocycles. The Morgan fingerprint density at radius 1 is 1.16 bits per heavy atom. The number of aryl methyl sites for hydroxylation is 1. The van der Waals surface area contributed by atoms with Gasteiger partial charge in [-0.3, -0.25) is 4.79 Å². The number of ether oxygens (including phenoxy) is 1. The van der Waals surface area contributed by atoms with Crippen molar-refractivity contribution < 1.29 is 4.74 Å². The second kappa shape index (κ2) is 9.09. The van der Waals surface area contributed by atoms with Crippen molar-refractivity contribution in [1.29, 1.82) is 0 Å². The van der Waals surface area contributed by atoms with E-state index >= 15 is 0 Å². The SMILES string of the molecule is C=c1nc2c(c(=O)[nH]1)=Nc1cc(C(C)C)ccc1N2CC(Cc1ccc(C)cc1)OCC. The van der Waals surface area contributed by atoms with Crippen LogP contribution in [-0.2, 0) is 11.2 Å². The fraction of sp³-hybridized carbons (Fsp3) is 0.346. The van der Waals surface area contributed by atoms with Crippen molar-refractivity contribution in [3.05, 3.63) is 80.3 Å². The molecule has 0 spiro atoms. The molecule has 166 valence electrons. The summed E-state index contributed by atoms with van der Waals surface area (Å²) in [4.78, 5) is 26.7. The summed E-state index contributed by atoms with van der Waals surface area (Å²) < 4.78 is 6.13. The van der Waals surface area contributed by atoms with Crippen molar-refractivity contribution in [3.63, 3.8) is 0 Å². The molecule has 0 bridgehead atoms. The monoisotopic (exact) mass is 430 g/mol. The van der Waals surface area contributed by atoms with Crippen LogP contribution in [0.25, 0.3) is 6.58 Å². The molecule has 32 heavy (non-hydrogen) atoms. The molecule has 0 saturated carbocycles. The summed E-state index contributed by atoms with van der Waals surface area (Å²) in [6, 6.07) is 14.8. The van der Waals surface area contributed by atoms with Crippen LogP contribution in [0.1, 0.15) is 43.4 Å². The van der Waals surface area contributed by atoms with Gasteiger partial charge < -0.3 is 14.6 Å². The fourth-order valence-electron chi connectivity index (χ4n) is 4.03. The number of anilines is 2. The lowest BCUT2D eigenvalue weighted by atomic mass is 10.0. The maximum Gasteiger partial charge on any atom is 0.279 e. The van der Waals surface area contributed by atoms with Crippen molar-refractivity contribution in [2.75, 3.05) is 18.1 Å². The molecule has 1 aliphatic rings. The van der Waals surface area contributed by atoms with Gasteiger partial charge in [0, 0.05) is 13.0 Å². The average Bonchev–Trinajstić information content (AvgIpc) is 2.75. The summed E-state index contributed by atoms with van der Waals surface area (Å²) in [5, 5.41) is 0.316. The Balaban J connectivity index is 1.78. The first-order valence-electron chi connectivity index (χ1n) is 11.1. The number of rotatable bonds is 7. The Bertz CT molecular complexity index is 1280. The van der Waals surface area contributed by atoms with Gasteiger partial charge in [-0.05, 0) is 43.0 Å². The van der Waals surface area contributed by atoms with Crippen LogP contribution in [-0.4, -0.2) is 29.2 Å². The highest BCUT2D eigenvalue weighted by Gasteiger charge is 2.26. The second-order valence-corrected chi connectivity index (χ2v) is 8.58. The van der Waals surface area contributed by atoms with E-state index in [4.69, 9.17) is 4.74 Å². The van der Waals surface area contributed by atoms with E-state index in [2.05, 4.69) is 89.7 Å². The molecule has 1 N–H and O–H groups in total. The summed E-state index contributed by atoms with van der Waals surface area (Å²) in [7, 11) is 0. The van der Waals surface area contributed by atoms with Crippen LogP contribution in [0, 0.1) is 6.92 Å². The molecule has 4 rings (SSSR count). The van der Waals surface area contributed by atoms with Crippen molar-refractivity contribution >= 4 is 23.8 Å². The predicted octanol–water partition coefficient (Wildman–Crippen LogP) is 3.66. The summed E-state index contributed by atoms with van der Waals surface area (Å²) in [6.07, 6.45) is 0.678. The lowest BCUT2D eigenvalue weighted by molar-refractivity contribution is 0.0693. The first-order chi connectivity index (χ1) is 15.4. The number of fused-ring (bicyclic) bond motifs is 2. The number of hydrogen-bond acceptors (Lipinski definition) is 5. The van der Waals surface area contributed by atoms with Crippen molar-refractivity contribution in [2.24, 2.45) is 4.99 Å². The fourth-order valence-corrected chi connectivity index (χ4v) is 4.03. The highest BCUT2D eigenvalue weighted by atomic mass is 16.5. The van der Waals surface area contributed by atoms with E-state index in [1.165, 1.54) is 16.7 Å². The summed E-state index contributed by atoms with van der Waals surface area (Å²) >= 11 is 0. The lowest BCUT2D eigenvalue weighted by Crippen LogP contribution is -2.44. The van der Waals surface area contributed by atoms with Gasteiger partial charge in [0.2, 0.25) is 0 Å². The quantitative estimate of drug-likeness (QED) is 0.621. The number of aromatic amines is 1. The second-order valence-electron chi connectivity index (χ2n) is 8.58. The molecule has 0 radical (unpaired) electrons. The van der Waals surface area contributed by atoms with Crippen molar-refractivity contribution in [1.82, 2.24) is 9.97 Å². The first kappa shape index (κ1) is 22.0. The van der Waals surface area contributed by atoms with E-state index < -0.39 is 0 Å². The molecule has 3 aromatic rings. The zero-order valence-electron chi connectivity index (χ0n) is 19.2. The van der Waals surface area contributed by atoms with E-state index in [0.29, 0.717) is 35.7 Å². The predicted molar refractivity (Wildman–Crippen MR) is 129 cm³/mol. The van der Waals surface area contributed by atoms with Gasteiger partial charge in [-0.25, -0.2) is 9.98 Å². The number of nitrogens with zero attached hydrogens (tertiary/aromatic N) is 3. The number of nitrogens with one attached hydrogen (secondary N) is 1. The maximum atomic E-state index is 12.7. The number of hydrogen-bond donors (Lipinski definition) is 1. The Labute approximate surface area is 188 Å². The zero-order chi connectivity index (χ0) is 22.8. The molecule has 1 aromatic heterocycles. The highest BCUT2D eigenvalue weighted by Crippen LogP contribution is 2.37. The third-order valence-electron chi connectivity index (χ3n) is 5.74. The van der Waals surface area contributed by atoms with Gasteiger partial charge >= 0.3 is 0 Å². The van der Waals surface area contributed by atoms with Crippen LogP contribution in [0.4, 0.5) is 17.2 Å². The van der Waals surface area contributed by atoms with Crippen LogP contribution in [0.2, 0.25) is 0 Å². The normalized spacial score (nSPS) is 13.5. The lowest BCUT2D eigenvalue weighted by Gasteiger charge is -2.31. The van der Waals surface area contributed by atoms with Crippen LogP contribution in [0.15, 0.2) is 52.3 Å². The third kappa shape index (κ3) is 4.50. The van der Waals surface area contributed by atoms with E-state index in [1.807, 2.05) is 6.92 Å². The zero-order valence-corrected chi connectivity index (χ0v) is 19.2. The molecule has 0 saturated heterocycles. The standard InChI is InChI=1S/C26H30N4O2/c1-6-32-21(13-19-9-7-17(4)8-10-19)15-30-23-12-11-20(16(2)3)14-22(23)29-24-25(30)27-18(5)28-26(24)31/h7-12,14,16,21H,5-6,13,15H2,1-4H3,(H,28,31). The Hall–Kier alpha value is -3.25. The van der Waals surface area contributed by atoms with Crippen molar-refractivity contribution in [2.45, 2.75) is 46.1 Å². The number of benzene rings is 2. The van der Waals surface area contributed by atoms with Crippen LogP contribution in [0.5, 0.6) is 0 Å². The van der Waals surface area contributed by atoms with Crippen molar-refractivity contribution in [3.8, 4) is 0 Å². The average molecular weight is 431 g/mol. The molecule has 6 heteroatoms. The van der Waals surface area contributed by atoms with E-state index in [9.17, 15) is 4.79 Å².